The zero-order chi connectivity index (χ0) is 10.5. The van der Waals surface area contributed by atoms with Crippen LogP contribution in [0.25, 0.3) is 0 Å². The molecule has 0 aliphatic heterocycles. The van der Waals surface area contributed by atoms with Gasteiger partial charge in [0.15, 0.2) is 6.29 Å². The highest BCUT2D eigenvalue weighted by Gasteiger charge is 2.24. The average Bonchev–Trinajstić information content (AvgIpc) is 1.81. The molecule has 0 radical (unpaired) electrons. The van der Waals surface area contributed by atoms with Crippen molar-refractivity contribution in [2.45, 2.75) is 40.1 Å². The normalized spacial score (nSPS) is 18.6. The quantitative estimate of drug-likeness (QED) is 0.519. The molecule has 0 rings (SSSR count). The minimum absolute atomic E-state index is 0.00621. The zero-order valence-corrected chi connectivity index (χ0v) is 9.97. The van der Waals surface area contributed by atoms with Crippen molar-refractivity contribution in [2.24, 2.45) is 0 Å². The number of ether oxygens (including phenoxy) is 1. The van der Waals surface area contributed by atoms with Crippen LogP contribution in [0, 0.1) is 0 Å². The molecule has 0 spiro atoms. The van der Waals surface area contributed by atoms with Crippen LogP contribution in [0.4, 0.5) is 0 Å². The van der Waals surface area contributed by atoms with Crippen LogP contribution in [0.15, 0.2) is 0 Å². The van der Waals surface area contributed by atoms with Gasteiger partial charge >= 0.3 is 6.95 Å². The lowest BCUT2D eigenvalue weighted by molar-refractivity contribution is -0.0984. The molecule has 13 heavy (non-hydrogen) atoms. The summed E-state index contributed by atoms with van der Waals surface area (Å²) in [5.41, 5.74) is 0. The molecule has 80 valence electrons. The van der Waals surface area contributed by atoms with Crippen molar-refractivity contribution in [3.05, 3.63) is 0 Å². The Bertz CT molecular complexity index is 185. The highest BCUT2D eigenvalue weighted by molar-refractivity contribution is 7.81. The molecular formula is C7H16ClO4P. The molecule has 0 aliphatic carbocycles. The fraction of sp³-hybridized carbons (Fsp3) is 1.00. The van der Waals surface area contributed by atoms with E-state index >= 15 is 0 Å². The smallest absolute Gasteiger partial charge is 0.350 e. The van der Waals surface area contributed by atoms with Gasteiger partial charge in [-0.05, 0) is 27.7 Å². The molecular weight excluding hydrogens is 214 g/mol. The van der Waals surface area contributed by atoms with Crippen molar-refractivity contribution in [3.63, 3.8) is 0 Å². The molecule has 0 heterocycles. The van der Waals surface area contributed by atoms with E-state index in [1.807, 2.05) is 13.8 Å². The maximum absolute atomic E-state index is 11.2. The molecule has 0 saturated carbocycles. The third kappa shape index (κ3) is 7.47. The molecule has 2 atom stereocenters. The zero-order valence-electron chi connectivity index (χ0n) is 8.32. The molecule has 0 saturated heterocycles. The van der Waals surface area contributed by atoms with Crippen LogP contribution in [-0.4, -0.2) is 19.0 Å². The summed E-state index contributed by atoms with van der Waals surface area (Å²) >= 11 is 5.45. The monoisotopic (exact) mass is 230 g/mol. The molecule has 0 aliphatic rings. The Balaban J connectivity index is 3.89. The topological polar surface area (TPSA) is 44.8 Å². The third-order valence-electron chi connectivity index (χ3n) is 1.02. The van der Waals surface area contributed by atoms with Crippen molar-refractivity contribution in [2.75, 3.05) is 6.61 Å². The molecule has 0 fully saturated rings. The number of hydrogen-bond acceptors (Lipinski definition) is 4. The lowest BCUT2D eigenvalue weighted by Crippen LogP contribution is -2.16. The summed E-state index contributed by atoms with van der Waals surface area (Å²) in [6.45, 7) is 3.79. The van der Waals surface area contributed by atoms with Crippen LogP contribution < -0.4 is 0 Å². The van der Waals surface area contributed by atoms with Gasteiger partial charge < -0.3 is 4.74 Å². The standard InChI is InChI=1S/C7H16ClO4P/c1-5-10-13(8,9)12-7(4)11-6(2)3/h6-7H,5H2,1-4H3/t7-,13?/m0/s1. The average molecular weight is 231 g/mol. The van der Waals surface area contributed by atoms with Crippen LogP contribution in [0.3, 0.4) is 0 Å². The van der Waals surface area contributed by atoms with Gasteiger partial charge in [-0.25, -0.2) is 4.57 Å². The van der Waals surface area contributed by atoms with Gasteiger partial charge in [0.05, 0.1) is 12.7 Å². The van der Waals surface area contributed by atoms with Crippen LogP contribution >= 0.6 is 18.2 Å². The van der Waals surface area contributed by atoms with Gasteiger partial charge in [-0.15, -0.1) is 0 Å². The van der Waals surface area contributed by atoms with E-state index in [0.717, 1.165) is 0 Å². The van der Waals surface area contributed by atoms with Crippen LogP contribution in [0.5, 0.6) is 0 Å². The predicted molar refractivity (Wildman–Crippen MR) is 51.9 cm³/mol. The summed E-state index contributed by atoms with van der Waals surface area (Å²) in [4.78, 5) is 0. The first kappa shape index (κ1) is 13.4. The first-order valence-electron chi connectivity index (χ1n) is 4.15. The number of rotatable bonds is 6. The fourth-order valence-corrected chi connectivity index (χ4v) is 2.17. The Labute approximate surface area is 83.8 Å². The molecule has 0 aromatic carbocycles. The molecule has 0 aromatic rings. The van der Waals surface area contributed by atoms with Crippen molar-refractivity contribution >= 4 is 18.2 Å². The predicted octanol–water partition coefficient (Wildman–Crippen LogP) is 3.16. The summed E-state index contributed by atoms with van der Waals surface area (Å²) < 4.78 is 26.0. The highest BCUT2D eigenvalue weighted by atomic mass is 35.7. The van der Waals surface area contributed by atoms with Gasteiger partial charge in [0.25, 0.3) is 0 Å². The Morgan fingerprint density at radius 1 is 1.38 bits per heavy atom. The van der Waals surface area contributed by atoms with Crippen molar-refractivity contribution in [1.82, 2.24) is 0 Å². The van der Waals surface area contributed by atoms with Gasteiger partial charge in [-0.2, -0.15) is 0 Å². The van der Waals surface area contributed by atoms with E-state index in [1.54, 1.807) is 13.8 Å². The molecule has 4 nitrogen and oxygen atoms in total. The Kier molecular flexibility index (Phi) is 6.18. The second-order valence-electron chi connectivity index (χ2n) is 2.71. The van der Waals surface area contributed by atoms with E-state index < -0.39 is 13.2 Å². The molecule has 0 aromatic heterocycles. The lowest BCUT2D eigenvalue weighted by Gasteiger charge is -2.18. The van der Waals surface area contributed by atoms with Gasteiger partial charge in [-0.1, -0.05) is 0 Å². The lowest BCUT2D eigenvalue weighted by atomic mass is 10.5. The Hall–Kier alpha value is 0.400. The maximum Gasteiger partial charge on any atom is 0.426 e. The van der Waals surface area contributed by atoms with Gasteiger partial charge in [0, 0.05) is 11.2 Å². The van der Waals surface area contributed by atoms with E-state index in [0.29, 0.717) is 0 Å². The third-order valence-corrected chi connectivity index (χ3v) is 2.67. The van der Waals surface area contributed by atoms with Gasteiger partial charge in [0.1, 0.15) is 0 Å². The van der Waals surface area contributed by atoms with Gasteiger partial charge in [0.2, 0.25) is 0 Å². The second kappa shape index (κ2) is 5.99. The summed E-state index contributed by atoms with van der Waals surface area (Å²) in [7, 11) is 0. The Morgan fingerprint density at radius 2 is 1.92 bits per heavy atom. The van der Waals surface area contributed by atoms with E-state index in [1.165, 1.54) is 0 Å². The second-order valence-corrected chi connectivity index (χ2v) is 5.28. The van der Waals surface area contributed by atoms with Crippen LogP contribution in [0.2, 0.25) is 0 Å². The minimum Gasteiger partial charge on any atom is -0.350 e. The minimum atomic E-state index is -3.46. The number of halogens is 1. The van der Waals surface area contributed by atoms with Crippen molar-refractivity contribution in [3.8, 4) is 0 Å². The fourth-order valence-electron chi connectivity index (χ4n) is 0.770. The summed E-state index contributed by atoms with van der Waals surface area (Å²) in [6, 6.07) is 0. The molecule has 0 amide bonds. The summed E-state index contributed by atoms with van der Waals surface area (Å²) in [5, 5.41) is 0. The Morgan fingerprint density at radius 3 is 2.31 bits per heavy atom. The maximum atomic E-state index is 11.2. The van der Waals surface area contributed by atoms with E-state index in [2.05, 4.69) is 0 Å². The highest BCUT2D eigenvalue weighted by Crippen LogP contribution is 2.54. The first-order valence-corrected chi connectivity index (χ1v) is 6.60. The largest absolute Gasteiger partial charge is 0.426 e. The van der Waals surface area contributed by atoms with Gasteiger partial charge in [-0.3, -0.25) is 9.05 Å². The molecule has 0 N–H and O–H groups in total. The van der Waals surface area contributed by atoms with E-state index in [4.69, 9.17) is 25.0 Å². The van der Waals surface area contributed by atoms with Crippen molar-refractivity contribution < 1.29 is 18.3 Å². The van der Waals surface area contributed by atoms with E-state index in [-0.39, 0.29) is 12.7 Å². The SMILES string of the molecule is CCOP(=O)(Cl)O[C@@H](C)OC(C)C. The van der Waals surface area contributed by atoms with Crippen LogP contribution in [-0.2, 0) is 18.3 Å². The summed E-state index contributed by atoms with van der Waals surface area (Å²) in [6.07, 6.45) is -0.636. The van der Waals surface area contributed by atoms with Crippen LogP contribution in [0.1, 0.15) is 27.7 Å². The molecule has 6 heteroatoms. The molecule has 0 bridgehead atoms. The first-order chi connectivity index (χ1) is 5.87. The number of hydrogen-bond donors (Lipinski definition) is 0. The van der Waals surface area contributed by atoms with E-state index in [9.17, 15) is 4.57 Å². The molecule has 1 unspecified atom stereocenters. The van der Waals surface area contributed by atoms with Crippen molar-refractivity contribution in [1.29, 1.82) is 0 Å². The summed E-state index contributed by atoms with van der Waals surface area (Å²) in [5.74, 6) is 0.